The Hall–Kier alpha value is -0.640. The average Bonchev–Trinajstić information content (AvgIpc) is 2.67. The topological polar surface area (TPSA) is 26.0 Å². The van der Waals surface area contributed by atoms with Crippen molar-refractivity contribution >= 4 is 27.3 Å². The number of rotatable bonds is 2. The van der Waals surface area contributed by atoms with Crippen LogP contribution >= 0.6 is 27.3 Å². The smallest absolute Gasteiger partial charge is 0.0660 e. The predicted octanol–water partition coefficient (Wildman–Crippen LogP) is 4.18. The molecule has 84 valence electrons. The highest BCUT2D eigenvalue weighted by Crippen LogP contribution is 2.33. The van der Waals surface area contributed by atoms with E-state index in [1.165, 1.54) is 21.6 Å². The van der Waals surface area contributed by atoms with Crippen LogP contribution in [0.25, 0.3) is 0 Å². The molecule has 16 heavy (non-hydrogen) atoms. The van der Waals surface area contributed by atoms with Crippen LogP contribution in [-0.4, -0.2) is 0 Å². The fourth-order valence-electron chi connectivity index (χ4n) is 1.76. The van der Waals surface area contributed by atoms with Gasteiger partial charge in [0.15, 0.2) is 0 Å². The van der Waals surface area contributed by atoms with Crippen molar-refractivity contribution in [2.24, 2.45) is 5.73 Å². The normalized spacial score (nSPS) is 12.8. The monoisotopic (exact) mass is 295 g/mol. The molecule has 0 aliphatic carbocycles. The number of benzene rings is 1. The third-order valence-electron chi connectivity index (χ3n) is 2.70. The lowest BCUT2D eigenvalue weighted by Crippen LogP contribution is -2.12. The molecule has 0 bridgehead atoms. The van der Waals surface area contributed by atoms with Gasteiger partial charge in [0.25, 0.3) is 0 Å². The van der Waals surface area contributed by atoms with Gasteiger partial charge in [0.2, 0.25) is 0 Å². The first-order valence-electron chi connectivity index (χ1n) is 5.15. The van der Waals surface area contributed by atoms with Gasteiger partial charge < -0.3 is 5.73 Å². The minimum absolute atomic E-state index is 0.0331. The standard InChI is InChI=1S/C13H14BrNS/c1-8-3-4-9(2)10(7-8)12(15)13-11(14)5-6-16-13/h3-7,12H,15H2,1-2H3. The lowest BCUT2D eigenvalue weighted by Gasteiger charge is -2.14. The van der Waals surface area contributed by atoms with Gasteiger partial charge in [-0.05, 0) is 52.4 Å². The maximum atomic E-state index is 6.31. The summed E-state index contributed by atoms with van der Waals surface area (Å²) in [6, 6.07) is 8.44. The van der Waals surface area contributed by atoms with Gasteiger partial charge in [0, 0.05) is 9.35 Å². The molecular weight excluding hydrogens is 282 g/mol. The minimum atomic E-state index is -0.0331. The number of thiophene rings is 1. The molecule has 0 aliphatic heterocycles. The SMILES string of the molecule is Cc1ccc(C)c(C(N)c2sccc2Br)c1. The fourth-order valence-corrected chi connectivity index (χ4v) is 3.40. The van der Waals surface area contributed by atoms with Crippen LogP contribution in [0.2, 0.25) is 0 Å². The van der Waals surface area contributed by atoms with Crippen LogP contribution in [0.15, 0.2) is 34.1 Å². The lowest BCUT2D eigenvalue weighted by molar-refractivity contribution is 0.876. The summed E-state index contributed by atoms with van der Waals surface area (Å²) in [4.78, 5) is 1.19. The lowest BCUT2D eigenvalue weighted by atomic mass is 9.98. The highest BCUT2D eigenvalue weighted by molar-refractivity contribution is 9.10. The molecule has 1 unspecified atom stereocenters. The van der Waals surface area contributed by atoms with Crippen molar-refractivity contribution in [3.8, 4) is 0 Å². The second-order valence-electron chi connectivity index (χ2n) is 3.97. The molecule has 1 atom stereocenters. The quantitative estimate of drug-likeness (QED) is 0.884. The molecule has 0 radical (unpaired) electrons. The maximum Gasteiger partial charge on any atom is 0.0660 e. The Labute approximate surface area is 108 Å². The summed E-state index contributed by atoms with van der Waals surface area (Å²) in [6.45, 7) is 4.20. The van der Waals surface area contributed by atoms with Crippen LogP contribution < -0.4 is 5.73 Å². The predicted molar refractivity (Wildman–Crippen MR) is 74.0 cm³/mol. The molecule has 0 saturated carbocycles. The summed E-state index contributed by atoms with van der Waals surface area (Å²) in [5, 5.41) is 2.06. The van der Waals surface area contributed by atoms with E-state index in [1.807, 2.05) is 6.07 Å². The van der Waals surface area contributed by atoms with Crippen molar-refractivity contribution in [3.63, 3.8) is 0 Å². The second kappa shape index (κ2) is 4.70. The molecule has 1 aromatic heterocycles. The molecule has 0 aliphatic rings. The van der Waals surface area contributed by atoms with E-state index in [2.05, 4.69) is 53.4 Å². The first-order valence-corrected chi connectivity index (χ1v) is 6.82. The van der Waals surface area contributed by atoms with E-state index in [1.54, 1.807) is 11.3 Å². The van der Waals surface area contributed by atoms with Crippen LogP contribution in [0.3, 0.4) is 0 Å². The van der Waals surface area contributed by atoms with Crippen molar-refractivity contribution in [1.29, 1.82) is 0 Å². The van der Waals surface area contributed by atoms with Gasteiger partial charge in [-0.3, -0.25) is 0 Å². The molecule has 0 spiro atoms. The Morgan fingerprint density at radius 1 is 1.25 bits per heavy atom. The molecule has 0 fully saturated rings. The van der Waals surface area contributed by atoms with E-state index in [0.29, 0.717) is 0 Å². The van der Waals surface area contributed by atoms with Gasteiger partial charge in [0.05, 0.1) is 6.04 Å². The molecule has 1 nitrogen and oxygen atoms in total. The summed E-state index contributed by atoms with van der Waals surface area (Å²) >= 11 is 5.23. The fraction of sp³-hybridized carbons (Fsp3) is 0.231. The highest BCUT2D eigenvalue weighted by Gasteiger charge is 2.15. The van der Waals surface area contributed by atoms with Crippen molar-refractivity contribution in [3.05, 3.63) is 55.7 Å². The van der Waals surface area contributed by atoms with Crippen LogP contribution in [0.1, 0.15) is 27.6 Å². The summed E-state index contributed by atoms with van der Waals surface area (Å²) in [5.41, 5.74) is 10.0. The van der Waals surface area contributed by atoms with E-state index in [-0.39, 0.29) is 6.04 Å². The Kier molecular flexibility index (Phi) is 3.47. The Morgan fingerprint density at radius 2 is 2.00 bits per heavy atom. The second-order valence-corrected chi connectivity index (χ2v) is 5.77. The zero-order chi connectivity index (χ0) is 11.7. The molecule has 1 heterocycles. The summed E-state index contributed by atoms with van der Waals surface area (Å²) < 4.78 is 1.10. The number of nitrogens with two attached hydrogens (primary N) is 1. The van der Waals surface area contributed by atoms with E-state index < -0.39 is 0 Å². The van der Waals surface area contributed by atoms with E-state index in [4.69, 9.17) is 5.73 Å². The van der Waals surface area contributed by atoms with Crippen LogP contribution in [-0.2, 0) is 0 Å². The van der Waals surface area contributed by atoms with Crippen LogP contribution in [0.4, 0.5) is 0 Å². The van der Waals surface area contributed by atoms with Gasteiger partial charge in [-0.2, -0.15) is 0 Å². The summed E-state index contributed by atoms with van der Waals surface area (Å²) in [7, 11) is 0. The van der Waals surface area contributed by atoms with Gasteiger partial charge in [-0.15, -0.1) is 11.3 Å². The molecule has 2 rings (SSSR count). The Balaban J connectivity index is 2.45. The zero-order valence-electron chi connectivity index (χ0n) is 9.33. The number of halogens is 1. The number of hydrogen-bond acceptors (Lipinski definition) is 2. The maximum absolute atomic E-state index is 6.31. The molecule has 3 heteroatoms. The van der Waals surface area contributed by atoms with Gasteiger partial charge in [0.1, 0.15) is 0 Å². The van der Waals surface area contributed by atoms with E-state index in [9.17, 15) is 0 Å². The average molecular weight is 296 g/mol. The summed E-state index contributed by atoms with van der Waals surface area (Å²) in [5.74, 6) is 0. The van der Waals surface area contributed by atoms with Gasteiger partial charge in [-0.25, -0.2) is 0 Å². The largest absolute Gasteiger partial charge is 0.320 e. The van der Waals surface area contributed by atoms with Crippen molar-refractivity contribution in [2.75, 3.05) is 0 Å². The highest BCUT2D eigenvalue weighted by atomic mass is 79.9. The Bertz CT molecular complexity index is 504. The number of hydrogen-bond donors (Lipinski definition) is 1. The summed E-state index contributed by atoms with van der Waals surface area (Å²) in [6.07, 6.45) is 0. The van der Waals surface area contributed by atoms with Crippen LogP contribution in [0, 0.1) is 13.8 Å². The molecule has 0 saturated heterocycles. The molecule has 1 aromatic carbocycles. The third-order valence-corrected chi connectivity index (χ3v) is 4.65. The molecule has 2 aromatic rings. The first-order chi connectivity index (χ1) is 7.59. The van der Waals surface area contributed by atoms with E-state index in [0.717, 1.165) is 4.47 Å². The van der Waals surface area contributed by atoms with Gasteiger partial charge in [-0.1, -0.05) is 23.8 Å². The van der Waals surface area contributed by atoms with Crippen molar-refractivity contribution in [1.82, 2.24) is 0 Å². The number of aryl methyl sites for hydroxylation is 2. The third kappa shape index (κ3) is 2.21. The van der Waals surface area contributed by atoms with Gasteiger partial charge >= 0.3 is 0 Å². The first kappa shape index (κ1) is 11.8. The van der Waals surface area contributed by atoms with E-state index >= 15 is 0 Å². The minimum Gasteiger partial charge on any atom is -0.320 e. The van der Waals surface area contributed by atoms with Crippen LogP contribution in [0.5, 0.6) is 0 Å². The van der Waals surface area contributed by atoms with Crippen molar-refractivity contribution < 1.29 is 0 Å². The van der Waals surface area contributed by atoms with Crippen molar-refractivity contribution in [2.45, 2.75) is 19.9 Å². The Morgan fingerprint density at radius 3 is 2.62 bits per heavy atom. The zero-order valence-corrected chi connectivity index (χ0v) is 11.7. The molecular formula is C13H14BrNS. The molecule has 2 N–H and O–H groups in total. The molecule has 0 amide bonds.